The summed E-state index contributed by atoms with van der Waals surface area (Å²) in [7, 11) is 0. The molecule has 1 N–H and O–H groups in total. The number of hydrogen-bond donors (Lipinski definition) is 1. The van der Waals surface area contributed by atoms with Gasteiger partial charge in [-0.25, -0.2) is 4.98 Å². The first-order valence-corrected chi connectivity index (χ1v) is 7.17. The predicted molar refractivity (Wildman–Crippen MR) is 88.5 cm³/mol. The fourth-order valence-electron chi connectivity index (χ4n) is 2.98. The molecule has 0 unspecified atom stereocenters. The lowest BCUT2D eigenvalue weighted by Gasteiger charge is -2.05. The fourth-order valence-corrected chi connectivity index (χ4v) is 2.98. The lowest BCUT2D eigenvalue weighted by Crippen LogP contribution is -1.86. The van der Waals surface area contributed by atoms with E-state index in [1.165, 1.54) is 33.0 Å². The van der Waals surface area contributed by atoms with E-state index in [0.29, 0.717) is 0 Å². The van der Waals surface area contributed by atoms with Crippen LogP contribution in [0.2, 0.25) is 0 Å². The van der Waals surface area contributed by atoms with Crippen molar-refractivity contribution in [3.63, 3.8) is 0 Å². The summed E-state index contributed by atoms with van der Waals surface area (Å²) in [5.74, 6) is 0. The van der Waals surface area contributed by atoms with Crippen LogP contribution >= 0.6 is 0 Å². The number of pyridine rings is 1. The molecule has 0 amide bonds. The van der Waals surface area contributed by atoms with Gasteiger partial charge in [0.1, 0.15) is 0 Å². The zero-order valence-electron chi connectivity index (χ0n) is 12.1. The molecular formula is C19H16N2. The molecule has 0 atom stereocenters. The molecule has 0 spiro atoms. The first-order valence-electron chi connectivity index (χ1n) is 7.17. The van der Waals surface area contributed by atoms with Gasteiger partial charge in [0.05, 0.1) is 11.2 Å². The van der Waals surface area contributed by atoms with Crippen LogP contribution in [0.1, 0.15) is 11.1 Å². The van der Waals surface area contributed by atoms with Gasteiger partial charge in [0.15, 0.2) is 0 Å². The second-order valence-corrected chi connectivity index (χ2v) is 5.54. The monoisotopic (exact) mass is 272 g/mol. The Morgan fingerprint density at radius 3 is 2.57 bits per heavy atom. The Kier molecular flexibility index (Phi) is 2.58. The van der Waals surface area contributed by atoms with Crippen molar-refractivity contribution in [1.29, 1.82) is 0 Å². The first-order chi connectivity index (χ1) is 10.2. The first kappa shape index (κ1) is 12.2. The van der Waals surface area contributed by atoms with Crippen molar-refractivity contribution in [2.75, 3.05) is 0 Å². The van der Waals surface area contributed by atoms with Crippen molar-refractivity contribution >= 4 is 21.8 Å². The Hall–Kier alpha value is -2.61. The smallest absolute Gasteiger partial charge is 0.0731 e. The lowest BCUT2D eigenvalue weighted by molar-refractivity contribution is 1.39. The molecule has 0 saturated heterocycles. The van der Waals surface area contributed by atoms with E-state index in [2.05, 4.69) is 61.4 Å². The normalized spacial score (nSPS) is 11.3. The van der Waals surface area contributed by atoms with Crippen LogP contribution in [0, 0.1) is 13.8 Å². The third kappa shape index (κ3) is 1.83. The van der Waals surface area contributed by atoms with Crippen molar-refractivity contribution in [3.05, 3.63) is 65.9 Å². The molecule has 0 aliphatic rings. The second kappa shape index (κ2) is 4.45. The summed E-state index contributed by atoms with van der Waals surface area (Å²) in [6.07, 6.45) is 2.07. The van der Waals surface area contributed by atoms with Crippen molar-refractivity contribution < 1.29 is 0 Å². The molecule has 0 radical (unpaired) electrons. The number of aromatic amines is 1. The number of rotatable bonds is 1. The number of H-pyrrole nitrogens is 1. The van der Waals surface area contributed by atoms with Crippen LogP contribution in [-0.4, -0.2) is 9.97 Å². The average Bonchev–Trinajstić information content (AvgIpc) is 2.97. The quantitative estimate of drug-likeness (QED) is 0.519. The number of aromatic nitrogens is 2. The largest absolute Gasteiger partial charge is 0.360 e. The Morgan fingerprint density at radius 2 is 1.67 bits per heavy atom. The highest BCUT2D eigenvalue weighted by Crippen LogP contribution is 2.32. The highest BCUT2D eigenvalue weighted by molar-refractivity contribution is 5.99. The molecule has 2 nitrogen and oxygen atoms in total. The Balaban J connectivity index is 2.02. The van der Waals surface area contributed by atoms with E-state index in [1.54, 1.807) is 0 Å². The summed E-state index contributed by atoms with van der Waals surface area (Å²) in [6, 6.07) is 16.8. The number of hydrogen-bond acceptors (Lipinski definition) is 1. The molecule has 2 aromatic carbocycles. The van der Waals surface area contributed by atoms with Gasteiger partial charge in [0.25, 0.3) is 0 Å². The molecule has 4 rings (SSSR count). The molecular weight excluding hydrogens is 256 g/mol. The molecule has 0 aliphatic heterocycles. The summed E-state index contributed by atoms with van der Waals surface area (Å²) in [4.78, 5) is 8.22. The van der Waals surface area contributed by atoms with Crippen LogP contribution in [0.25, 0.3) is 33.1 Å². The van der Waals surface area contributed by atoms with Gasteiger partial charge in [-0.1, -0.05) is 36.4 Å². The lowest BCUT2D eigenvalue weighted by atomic mass is 10.0. The minimum absolute atomic E-state index is 1.02. The number of fused-ring (bicyclic) bond motifs is 2. The predicted octanol–water partition coefficient (Wildman–Crippen LogP) is 5.00. The van der Waals surface area contributed by atoms with Gasteiger partial charge in [-0.2, -0.15) is 0 Å². The van der Waals surface area contributed by atoms with Crippen molar-refractivity contribution in [3.8, 4) is 11.3 Å². The fraction of sp³-hybridized carbons (Fsp3) is 0.105. The van der Waals surface area contributed by atoms with Crippen LogP contribution in [0.3, 0.4) is 0 Å². The number of aryl methyl sites for hydroxylation is 2. The molecule has 2 heterocycles. The molecule has 102 valence electrons. The van der Waals surface area contributed by atoms with Crippen molar-refractivity contribution in [2.24, 2.45) is 0 Å². The van der Waals surface area contributed by atoms with E-state index in [4.69, 9.17) is 4.98 Å². The minimum Gasteiger partial charge on any atom is -0.360 e. The second-order valence-electron chi connectivity index (χ2n) is 5.54. The van der Waals surface area contributed by atoms with Gasteiger partial charge < -0.3 is 4.98 Å². The molecule has 0 aliphatic carbocycles. The summed E-state index contributed by atoms with van der Waals surface area (Å²) >= 11 is 0. The zero-order valence-corrected chi connectivity index (χ0v) is 12.1. The van der Waals surface area contributed by atoms with E-state index in [1.807, 2.05) is 12.1 Å². The van der Waals surface area contributed by atoms with Crippen LogP contribution in [-0.2, 0) is 0 Å². The summed E-state index contributed by atoms with van der Waals surface area (Å²) in [5.41, 5.74) is 6.99. The van der Waals surface area contributed by atoms with Crippen LogP contribution in [0.15, 0.2) is 54.7 Å². The average molecular weight is 272 g/mol. The molecule has 4 aromatic rings. The number of nitrogens with one attached hydrogen (secondary N) is 1. The van der Waals surface area contributed by atoms with E-state index in [0.717, 1.165) is 11.2 Å². The van der Waals surface area contributed by atoms with Crippen LogP contribution in [0.4, 0.5) is 0 Å². The maximum atomic E-state index is 4.82. The zero-order chi connectivity index (χ0) is 14.4. The van der Waals surface area contributed by atoms with Gasteiger partial charge in [-0.05, 0) is 37.1 Å². The Labute approximate surface area is 123 Å². The van der Waals surface area contributed by atoms with Crippen molar-refractivity contribution in [2.45, 2.75) is 13.8 Å². The third-order valence-corrected chi connectivity index (χ3v) is 4.13. The standard InChI is InChI=1S/C19H16N2/c1-12-7-8-13(2)19-18(12)15(11-20-19)17-10-9-14-5-3-4-6-16(14)21-17/h3-11,20H,1-2H3. The summed E-state index contributed by atoms with van der Waals surface area (Å²) in [5, 5.41) is 2.45. The maximum absolute atomic E-state index is 4.82. The highest BCUT2D eigenvalue weighted by Gasteiger charge is 2.11. The summed E-state index contributed by atoms with van der Waals surface area (Å²) < 4.78 is 0. The highest BCUT2D eigenvalue weighted by atomic mass is 14.7. The van der Waals surface area contributed by atoms with E-state index >= 15 is 0 Å². The molecule has 0 saturated carbocycles. The van der Waals surface area contributed by atoms with Gasteiger partial charge in [-0.15, -0.1) is 0 Å². The molecule has 2 heteroatoms. The summed E-state index contributed by atoms with van der Waals surface area (Å²) in [6.45, 7) is 4.29. The van der Waals surface area contributed by atoms with E-state index in [9.17, 15) is 0 Å². The van der Waals surface area contributed by atoms with Crippen LogP contribution in [0.5, 0.6) is 0 Å². The Morgan fingerprint density at radius 1 is 0.857 bits per heavy atom. The SMILES string of the molecule is Cc1ccc(C)c2c(-c3ccc4ccccc4n3)c[nH]c12. The number of para-hydroxylation sites is 1. The van der Waals surface area contributed by atoms with Gasteiger partial charge in [0.2, 0.25) is 0 Å². The molecule has 21 heavy (non-hydrogen) atoms. The Bertz CT molecular complexity index is 964. The minimum atomic E-state index is 1.02. The molecule has 0 bridgehead atoms. The van der Waals surface area contributed by atoms with E-state index in [-0.39, 0.29) is 0 Å². The number of nitrogens with zero attached hydrogens (tertiary/aromatic N) is 1. The molecule has 0 fully saturated rings. The third-order valence-electron chi connectivity index (χ3n) is 4.13. The molecule has 2 aromatic heterocycles. The maximum Gasteiger partial charge on any atom is 0.0731 e. The van der Waals surface area contributed by atoms with E-state index < -0.39 is 0 Å². The van der Waals surface area contributed by atoms with Gasteiger partial charge in [0, 0.05) is 28.0 Å². The van der Waals surface area contributed by atoms with Gasteiger partial charge in [-0.3, -0.25) is 0 Å². The van der Waals surface area contributed by atoms with Gasteiger partial charge >= 0.3 is 0 Å². The van der Waals surface area contributed by atoms with Crippen molar-refractivity contribution in [1.82, 2.24) is 9.97 Å². The number of benzene rings is 2. The van der Waals surface area contributed by atoms with Crippen LogP contribution < -0.4 is 0 Å². The topological polar surface area (TPSA) is 28.7 Å².